The van der Waals surface area contributed by atoms with Crippen molar-refractivity contribution in [3.63, 3.8) is 0 Å². The summed E-state index contributed by atoms with van der Waals surface area (Å²) in [6.45, 7) is 24.7. The van der Waals surface area contributed by atoms with Crippen LogP contribution in [0.1, 0.15) is 113 Å². The molecule has 74 heavy (non-hydrogen) atoms. The first kappa shape index (κ1) is 56.7. The predicted molar refractivity (Wildman–Crippen MR) is 315 cm³/mol. The summed E-state index contributed by atoms with van der Waals surface area (Å²) in [6, 6.07) is 51.9. The molecule has 11 heteroatoms. The van der Waals surface area contributed by atoms with E-state index >= 15 is 0 Å². The normalized spacial score (nSPS) is 22.3. The lowest BCUT2D eigenvalue weighted by Crippen LogP contribution is -2.66. The van der Waals surface area contributed by atoms with Gasteiger partial charge in [0.2, 0.25) is 0 Å². The molecule has 8 rings (SSSR count). The van der Waals surface area contributed by atoms with Crippen molar-refractivity contribution in [3.05, 3.63) is 163 Å². The highest BCUT2D eigenvalue weighted by molar-refractivity contribution is 8.18. The van der Waals surface area contributed by atoms with E-state index in [1.807, 2.05) is 12.1 Å². The molecule has 0 aliphatic carbocycles. The van der Waals surface area contributed by atoms with E-state index in [2.05, 4.69) is 232 Å². The zero-order chi connectivity index (χ0) is 52.7. The number of hydrogen-bond donors (Lipinski definition) is 0. The summed E-state index contributed by atoms with van der Waals surface area (Å²) in [5.74, 6) is 2.25. The maximum atomic E-state index is 7.46. The SMILES string of the molecule is COc1ccc(CO[C@H]2C/C(=C/CO[Si](c3ccccc3)(c3ccccc3)C(C)(C)C)C[C@@H](CC3(C(C)(C)[C@@H]4C[C@@H](CCO[Si](c5ccccc5)(c5ccccc5)C(C)(C)C)OC(C)(C)O4)SCCCS3)O2)cc1. The average molecular weight is 1070 g/mol. The standard InChI is InChI=1S/C63H84O7S2Si2/c1-59(2,3)73(53-25-16-12-17-26-53,54-27-18-13-19-28-54)66-39-37-49-43-52(68-58(44-49)65-47-48-33-35-50(64-11)36-34-48)46-63(71-41-24-42-72-63)61(7,8)57-45-51(69-62(9,10)70-57)38-40-67-74(60(4,5)6,55-29-20-14-21-30-55)56-31-22-15-23-32-56/h12-23,25-37,51-52,57-58H,24,38-47H2,1-11H3/b49-37+/t51-,52+,57+,58-/m1/s1. The molecule has 398 valence electrons. The van der Waals surface area contributed by atoms with Crippen molar-refractivity contribution >= 4 is 60.9 Å². The number of ether oxygens (including phenoxy) is 5. The van der Waals surface area contributed by atoms with Crippen LogP contribution in [0.15, 0.2) is 157 Å². The quantitative estimate of drug-likeness (QED) is 0.0594. The monoisotopic (exact) mass is 1070 g/mol. The molecule has 4 atom stereocenters. The molecule has 0 N–H and O–H groups in total. The van der Waals surface area contributed by atoms with Crippen LogP contribution < -0.4 is 25.5 Å². The van der Waals surface area contributed by atoms with Gasteiger partial charge in [-0.05, 0) is 99.6 Å². The van der Waals surface area contributed by atoms with Crippen molar-refractivity contribution in [2.24, 2.45) is 5.41 Å². The summed E-state index contributed by atoms with van der Waals surface area (Å²) in [7, 11) is -3.78. The van der Waals surface area contributed by atoms with Gasteiger partial charge in [0.15, 0.2) is 12.1 Å². The lowest BCUT2D eigenvalue weighted by atomic mass is 9.76. The highest BCUT2D eigenvalue weighted by Crippen LogP contribution is 2.60. The molecule has 0 saturated carbocycles. The minimum Gasteiger partial charge on any atom is -0.497 e. The third kappa shape index (κ3) is 12.6. The zero-order valence-electron chi connectivity index (χ0n) is 46.2. The summed E-state index contributed by atoms with van der Waals surface area (Å²) in [5.41, 5.74) is 2.14. The van der Waals surface area contributed by atoms with Gasteiger partial charge in [-0.3, -0.25) is 0 Å². The molecule has 3 fully saturated rings. The third-order valence-corrected chi connectivity index (χ3v) is 29.8. The third-order valence-electron chi connectivity index (χ3n) is 15.7. The Labute approximate surface area is 455 Å². The molecule has 0 aromatic heterocycles. The summed E-state index contributed by atoms with van der Waals surface area (Å²) >= 11 is 4.23. The molecule has 5 aromatic carbocycles. The van der Waals surface area contributed by atoms with Gasteiger partial charge in [-0.2, -0.15) is 0 Å². The summed E-state index contributed by atoms with van der Waals surface area (Å²) in [4.78, 5) is 0. The van der Waals surface area contributed by atoms with Gasteiger partial charge in [0, 0.05) is 24.9 Å². The minimum atomic E-state index is -2.76. The topological polar surface area (TPSA) is 64.6 Å². The molecule has 0 spiro atoms. The fourth-order valence-electron chi connectivity index (χ4n) is 11.9. The van der Waals surface area contributed by atoms with Crippen LogP contribution in [-0.4, -0.2) is 82.9 Å². The van der Waals surface area contributed by atoms with E-state index in [4.69, 9.17) is 32.5 Å². The van der Waals surface area contributed by atoms with Crippen LogP contribution >= 0.6 is 23.5 Å². The van der Waals surface area contributed by atoms with Crippen molar-refractivity contribution in [3.8, 4) is 5.75 Å². The predicted octanol–water partition coefficient (Wildman–Crippen LogP) is 13.1. The largest absolute Gasteiger partial charge is 0.497 e. The van der Waals surface area contributed by atoms with Gasteiger partial charge >= 0.3 is 0 Å². The Hall–Kier alpha value is -3.47. The zero-order valence-corrected chi connectivity index (χ0v) is 49.8. The Bertz CT molecular complexity index is 2460. The van der Waals surface area contributed by atoms with Crippen LogP contribution in [-0.2, 0) is 34.4 Å². The van der Waals surface area contributed by atoms with Crippen molar-refractivity contribution in [1.82, 2.24) is 0 Å². The Morgan fingerprint density at radius 1 is 0.622 bits per heavy atom. The number of benzene rings is 5. The molecular formula is C63H84O7S2Si2. The Kier molecular flexibility index (Phi) is 18.4. The summed E-state index contributed by atoms with van der Waals surface area (Å²) in [6.07, 6.45) is 6.86. The van der Waals surface area contributed by atoms with E-state index in [1.165, 1.54) is 32.7 Å². The minimum absolute atomic E-state index is 0.0383. The first-order valence-electron chi connectivity index (χ1n) is 27.0. The molecule has 0 amide bonds. The van der Waals surface area contributed by atoms with Gasteiger partial charge in [-0.15, -0.1) is 23.5 Å². The molecule has 7 nitrogen and oxygen atoms in total. The summed E-state index contributed by atoms with van der Waals surface area (Å²) < 4.78 is 48.1. The van der Waals surface area contributed by atoms with Gasteiger partial charge in [0.05, 0.1) is 42.7 Å². The van der Waals surface area contributed by atoms with Crippen molar-refractivity contribution in [2.45, 2.75) is 159 Å². The molecule has 3 saturated heterocycles. The lowest BCUT2D eigenvalue weighted by Gasteiger charge is -2.56. The maximum absolute atomic E-state index is 7.46. The second-order valence-electron chi connectivity index (χ2n) is 23.6. The van der Waals surface area contributed by atoms with Crippen LogP contribution in [0.4, 0.5) is 0 Å². The van der Waals surface area contributed by atoms with Gasteiger partial charge in [-0.25, -0.2) is 0 Å². The van der Waals surface area contributed by atoms with Crippen molar-refractivity contribution in [2.75, 3.05) is 31.8 Å². The van der Waals surface area contributed by atoms with Crippen LogP contribution in [0.5, 0.6) is 5.75 Å². The van der Waals surface area contributed by atoms with E-state index in [1.54, 1.807) is 7.11 Å². The highest BCUT2D eigenvalue weighted by atomic mass is 32.2. The smallest absolute Gasteiger partial charge is 0.261 e. The molecule has 0 bridgehead atoms. The van der Waals surface area contributed by atoms with E-state index in [9.17, 15) is 0 Å². The average Bonchev–Trinajstić information content (AvgIpc) is 3.38. The fraction of sp³-hybridized carbons (Fsp3) is 0.492. The van der Waals surface area contributed by atoms with Gasteiger partial charge in [0.25, 0.3) is 16.6 Å². The summed E-state index contributed by atoms with van der Waals surface area (Å²) in [5, 5.41) is 4.92. The van der Waals surface area contributed by atoms with Gasteiger partial charge < -0.3 is 32.5 Å². The Morgan fingerprint density at radius 2 is 1.12 bits per heavy atom. The van der Waals surface area contributed by atoms with Crippen molar-refractivity contribution < 1.29 is 32.5 Å². The molecule has 3 heterocycles. The first-order valence-corrected chi connectivity index (χ1v) is 32.8. The van der Waals surface area contributed by atoms with Gasteiger partial charge in [-0.1, -0.05) is 200 Å². The highest BCUT2D eigenvalue weighted by Gasteiger charge is 2.57. The molecule has 3 aliphatic heterocycles. The number of rotatable bonds is 19. The second-order valence-corrected chi connectivity index (χ2v) is 35.3. The lowest BCUT2D eigenvalue weighted by molar-refractivity contribution is -0.318. The van der Waals surface area contributed by atoms with Crippen LogP contribution in [0.3, 0.4) is 0 Å². The van der Waals surface area contributed by atoms with E-state index in [-0.39, 0.29) is 37.9 Å². The Morgan fingerprint density at radius 3 is 1.61 bits per heavy atom. The first-order chi connectivity index (χ1) is 35.3. The Balaban J connectivity index is 1.05. The van der Waals surface area contributed by atoms with Crippen molar-refractivity contribution in [1.29, 1.82) is 0 Å². The van der Waals surface area contributed by atoms with E-state index < -0.39 is 28.7 Å². The maximum Gasteiger partial charge on any atom is 0.261 e. The molecule has 0 unspecified atom stereocenters. The molecule has 5 aromatic rings. The number of methoxy groups -OCH3 is 1. The van der Waals surface area contributed by atoms with Crippen LogP contribution in [0, 0.1) is 5.41 Å². The number of hydrogen-bond acceptors (Lipinski definition) is 9. The fourth-order valence-corrected chi connectivity index (χ4v) is 24.9. The van der Waals surface area contributed by atoms with E-state index in [0.717, 1.165) is 48.5 Å². The molecule has 0 radical (unpaired) electrons. The van der Waals surface area contributed by atoms with Crippen LogP contribution in [0.25, 0.3) is 0 Å². The molecule has 3 aliphatic rings. The second kappa shape index (κ2) is 24.0. The van der Waals surface area contributed by atoms with Crippen LogP contribution in [0.2, 0.25) is 10.1 Å². The molecular weight excluding hydrogens is 989 g/mol. The van der Waals surface area contributed by atoms with Gasteiger partial charge in [0.1, 0.15) is 5.75 Å². The van der Waals surface area contributed by atoms with E-state index in [0.29, 0.717) is 26.2 Å². The number of thioether (sulfide) groups is 2.